The topological polar surface area (TPSA) is 76.1 Å². The molecule has 0 aliphatic carbocycles. The molecule has 0 saturated carbocycles. The third kappa shape index (κ3) is 6.39. The minimum absolute atomic E-state index is 0.000980. The molecule has 1 N–H and O–H groups in total. The lowest BCUT2D eigenvalue weighted by Crippen LogP contribution is -2.30. The maximum Gasteiger partial charge on any atom is 0.373 e. The first-order valence-electron chi connectivity index (χ1n) is 9.88. The van der Waals surface area contributed by atoms with Gasteiger partial charge in [-0.25, -0.2) is 13.6 Å². The Bertz CT molecular complexity index is 1140. The summed E-state index contributed by atoms with van der Waals surface area (Å²) in [5, 5.41) is 9.86. The van der Waals surface area contributed by atoms with Crippen LogP contribution in [0.3, 0.4) is 0 Å². The monoisotopic (exact) mass is 453 g/mol. The second kappa shape index (κ2) is 10.9. The van der Waals surface area contributed by atoms with Crippen molar-refractivity contribution in [2.24, 2.45) is 0 Å². The summed E-state index contributed by atoms with van der Waals surface area (Å²) in [5.74, 6) is -3.11. The number of carbonyl (C=O) groups is 2. The Morgan fingerprint density at radius 3 is 2.09 bits per heavy atom. The summed E-state index contributed by atoms with van der Waals surface area (Å²) in [6.45, 7) is 0.111. The highest BCUT2D eigenvalue weighted by Gasteiger charge is 2.21. The molecule has 0 spiro atoms. The number of aliphatic hydroxyl groups is 1. The molecule has 0 aliphatic rings. The van der Waals surface area contributed by atoms with E-state index in [2.05, 4.69) is 4.74 Å². The lowest BCUT2D eigenvalue weighted by Gasteiger charge is -2.24. The molecule has 0 bridgehead atoms. The molecule has 0 atom stereocenters. The van der Waals surface area contributed by atoms with Crippen LogP contribution in [0.2, 0.25) is 0 Å². The number of hydrogen-bond acceptors (Lipinski definition) is 5. The van der Waals surface area contributed by atoms with E-state index in [0.29, 0.717) is 22.6 Å². The Kier molecular flexibility index (Phi) is 7.75. The fourth-order valence-electron chi connectivity index (χ4n) is 2.96. The van der Waals surface area contributed by atoms with Gasteiger partial charge in [-0.1, -0.05) is 36.4 Å². The number of carbonyl (C=O) groups excluding carboxylic acids is 2. The van der Waals surface area contributed by atoms with Gasteiger partial charge in [0.25, 0.3) is 5.91 Å². The third-order valence-corrected chi connectivity index (χ3v) is 4.64. The zero-order valence-corrected chi connectivity index (χ0v) is 17.7. The third-order valence-electron chi connectivity index (χ3n) is 4.64. The summed E-state index contributed by atoms with van der Waals surface area (Å²) in [5.41, 5.74) is 1.66. The van der Waals surface area contributed by atoms with E-state index < -0.39 is 23.5 Å². The van der Waals surface area contributed by atoms with Crippen molar-refractivity contribution < 1.29 is 33.0 Å². The fourth-order valence-corrected chi connectivity index (χ4v) is 2.96. The molecule has 8 heteroatoms. The molecule has 3 rings (SSSR count). The summed E-state index contributed by atoms with van der Waals surface area (Å²) in [7, 11) is 1.08. The zero-order chi connectivity index (χ0) is 23.8. The van der Waals surface area contributed by atoms with Crippen LogP contribution in [0.5, 0.6) is 5.75 Å². The number of anilines is 1. The second-order valence-corrected chi connectivity index (χ2v) is 6.95. The first-order chi connectivity index (χ1) is 15.9. The van der Waals surface area contributed by atoms with E-state index in [0.717, 1.165) is 13.2 Å². The van der Waals surface area contributed by atoms with Gasteiger partial charge in [0.05, 0.1) is 25.4 Å². The van der Waals surface area contributed by atoms with Gasteiger partial charge in [0.15, 0.2) is 0 Å². The standard InChI is InChI=1S/C25H21F2NO5/c1-32-25(31)22(29)14-24(30)28(15-17-6-10-19(26)11-7-17)21-4-2-3-5-23(21)33-16-18-8-12-20(27)13-9-18/h2-14,29H,15-16H2,1H3/b22-14-. The molecular formula is C25H21F2NO5. The number of methoxy groups -OCH3 is 1. The summed E-state index contributed by atoms with van der Waals surface area (Å²) in [6.07, 6.45) is 0.742. The number of hydrogen-bond donors (Lipinski definition) is 1. The quantitative estimate of drug-likeness (QED) is 0.304. The lowest BCUT2D eigenvalue weighted by molar-refractivity contribution is -0.139. The fraction of sp³-hybridized carbons (Fsp3) is 0.120. The summed E-state index contributed by atoms with van der Waals surface area (Å²) in [4.78, 5) is 25.8. The van der Waals surface area contributed by atoms with E-state index in [1.807, 2.05) is 0 Å². The Balaban J connectivity index is 1.93. The summed E-state index contributed by atoms with van der Waals surface area (Å²) >= 11 is 0. The van der Waals surface area contributed by atoms with Gasteiger partial charge in [0, 0.05) is 0 Å². The molecule has 170 valence electrons. The average Bonchev–Trinajstić information content (AvgIpc) is 2.83. The number of ether oxygens (including phenoxy) is 2. The van der Waals surface area contributed by atoms with Gasteiger partial charge in [0.1, 0.15) is 24.0 Å². The molecule has 0 aliphatic heterocycles. The van der Waals surface area contributed by atoms with Gasteiger partial charge in [-0.3, -0.25) is 4.79 Å². The maximum absolute atomic E-state index is 13.3. The van der Waals surface area contributed by atoms with Crippen molar-refractivity contribution in [1.82, 2.24) is 0 Å². The van der Waals surface area contributed by atoms with Crippen LogP contribution in [0, 0.1) is 11.6 Å². The van der Waals surface area contributed by atoms with Crippen molar-refractivity contribution in [2.45, 2.75) is 13.2 Å². The molecule has 6 nitrogen and oxygen atoms in total. The van der Waals surface area contributed by atoms with Gasteiger partial charge in [-0.2, -0.15) is 0 Å². The minimum atomic E-state index is -1.06. The SMILES string of the molecule is COC(=O)/C(O)=C/C(=O)N(Cc1ccc(F)cc1)c1ccccc1OCc1ccc(F)cc1. The van der Waals surface area contributed by atoms with E-state index in [1.54, 1.807) is 36.4 Å². The van der Waals surface area contributed by atoms with Crippen LogP contribution in [0.15, 0.2) is 84.6 Å². The largest absolute Gasteiger partial charge is 0.502 e. The highest BCUT2D eigenvalue weighted by molar-refractivity contribution is 6.06. The molecule has 0 heterocycles. The van der Waals surface area contributed by atoms with Gasteiger partial charge in [-0.15, -0.1) is 0 Å². The van der Waals surface area contributed by atoms with Gasteiger partial charge in [-0.05, 0) is 47.5 Å². The number of esters is 1. The molecule has 1 amide bonds. The minimum Gasteiger partial charge on any atom is -0.502 e. The average molecular weight is 453 g/mol. The number of benzene rings is 3. The van der Waals surface area contributed by atoms with E-state index in [-0.39, 0.29) is 19.0 Å². The van der Waals surface area contributed by atoms with E-state index in [4.69, 9.17) is 4.74 Å². The van der Waals surface area contributed by atoms with Crippen molar-refractivity contribution in [3.63, 3.8) is 0 Å². The molecule has 0 radical (unpaired) electrons. The number of amides is 1. The highest BCUT2D eigenvalue weighted by atomic mass is 19.1. The predicted molar refractivity (Wildman–Crippen MR) is 117 cm³/mol. The van der Waals surface area contributed by atoms with Gasteiger partial charge < -0.3 is 19.5 Å². The van der Waals surface area contributed by atoms with Crippen LogP contribution in [-0.4, -0.2) is 24.1 Å². The molecule has 0 aromatic heterocycles. The van der Waals surface area contributed by atoms with Crippen LogP contribution in [-0.2, 0) is 27.5 Å². The van der Waals surface area contributed by atoms with Crippen LogP contribution < -0.4 is 9.64 Å². The van der Waals surface area contributed by atoms with Crippen molar-refractivity contribution in [3.05, 3.63) is 107 Å². The number of aliphatic hydroxyl groups excluding tert-OH is 1. The van der Waals surface area contributed by atoms with Crippen molar-refractivity contribution in [3.8, 4) is 5.75 Å². The Labute approximate surface area is 189 Å². The van der Waals surface area contributed by atoms with Crippen molar-refractivity contribution >= 4 is 17.6 Å². The predicted octanol–water partition coefficient (Wildman–Crippen LogP) is 4.69. The van der Waals surface area contributed by atoms with Crippen LogP contribution in [0.25, 0.3) is 0 Å². The molecule has 0 unspecified atom stereocenters. The molecule has 3 aromatic carbocycles. The number of halogens is 2. The van der Waals surface area contributed by atoms with E-state index in [1.165, 1.54) is 41.3 Å². The molecule has 0 fully saturated rings. The summed E-state index contributed by atoms with van der Waals surface area (Å²) in [6, 6.07) is 18.0. The van der Waals surface area contributed by atoms with Crippen LogP contribution >= 0.6 is 0 Å². The first-order valence-corrected chi connectivity index (χ1v) is 9.88. The Morgan fingerprint density at radius 1 is 0.909 bits per heavy atom. The second-order valence-electron chi connectivity index (χ2n) is 6.95. The normalized spacial score (nSPS) is 11.1. The number of para-hydroxylation sites is 2. The van der Waals surface area contributed by atoms with E-state index in [9.17, 15) is 23.5 Å². The number of nitrogens with zero attached hydrogens (tertiary/aromatic N) is 1. The smallest absolute Gasteiger partial charge is 0.373 e. The van der Waals surface area contributed by atoms with Crippen LogP contribution in [0.4, 0.5) is 14.5 Å². The van der Waals surface area contributed by atoms with Crippen molar-refractivity contribution in [2.75, 3.05) is 12.0 Å². The van der Waals surface area contributed by atoms with Crippen LogP contribution in [0.1, 0.15) is 11.1 Å². The number of rotatable bonds is 8. The van der Waals surface area contributed by atoms with Gasteiger partial charge in [0.2, 0.25) is 5.76 Å². The highest BCUT2D eigenvalue weighted by Crippen LogP contribution is 2.30. The molecular weight excluding hydrogens is 432 g/mol. The Hall–Kier alpha value is -4.20. The summed E-state index contributed by atoms with van der Waals surface area (Å²) < 4.78 is 36.8. The van der Waals surface area contributed by atoms with Crippen molar-refractivity contribution in [1.29, 1.82) is 0 Å². The van der Waals surface area contributed by atoms with Gasteiger partial charge >= 0.3 is 5.97 Å². The Morgan fingerprint density at radius 2 is 1.48 bits per heavy atom. The molecule has 33 heavy (non-hydrogen) atoms. The zero-order valence-electron chi connectivity index (χ0n) is 17.7. The first kappa shape index (κ1) is 23.5. The molecule has 3 aromatic rings. The maximum atomic E-state index is 13.3. The van der Waals surface area contributed by atoms with E-state index >= 15 is 0 Å². The molecule has 0 saturated heterocycles. The lowest BCUT2D eigenvalue weighted by atomic mass is 10.1.